The van der Waals surface area contributed by atoms with Crippen molar-refractivity contribution in [3.8, 4) is 0 Å². The van der Waals surface area contributed by atoms with Crippen LogP contribution in [-0.4, -0.2) is 65.3 Å². The number of carbonyl (C=O) groups excluding carboxylic acids is 2. The number of amides is 2. The molecule has 40 heavy (non-hydrogen) atoms. The molecule has 5 rings (SSSR count). The lowest BCUT2D eigenvalue weighted by molar-refractivity contribution is -0.138. The highest BCUT2D eigenvalue weighted by Gasteiger charge is 2.20. The lowest BCUT2D eigenvalue weighted by atomic mass is 10.1. The van der Waals surface area contributed by atoms with Crippen molar-refractivity contribution in [2.45, 2.75) is 19.6 Å². The van der Waals surface area contributed by atoms with Crippen molar-refractivity contribution >= 4 is 46.3 Å². The fourth-order valence-corrected chi connectivity index (χ4v) is 4.46. The molecule has 2 amide bonds. The zero-order chi connectivity index (χ0) is 28.1. The van der Waals surface area contributed by atoms with E-state index in [1.165, 1.54) is 6.92 Å². The highest BCUT2D eigenvalue weighted by molar-refractivity contribution is 6.04. The van der Waals surface area contributed by atoms with Crippen LogP contribution in [0.15, 0.2) is 72.8 Å². The van der Waals surface area contributed by atoms with Gasteiger partial charge in [-0.3, -0.25) is 9.59 Å². The van der Waals surface area contributed by atoms with Gasteiger partial charge in [-0.25, -0.2) is 9.78 Å². The van der Waals surface area contributed by atoms with Crippen LogP contribution in [0.3, 0.4) is 0 Å². The maximum Gasteiger partial charge on any atom is 0.408 e. The zero-order valence-electron chi connectivity index (χ0n) is 22.0. The number of rotatable bonds is 8. The van der Waals surface area contributed by atoms with Crippen LogP contribution >= 0.6 is 0 Å². The van der Waals surface area contributed by atoms with Crippen molar-refractivity contribution in [3.63, 3.8) is 0 Å². The monoisotopic (exact) mass is 542 g/mol. The number of piperazine rings is 1. The minimum atomic E-state index is -1.16. The maximum atomic E-state index is 12.8. The standard InChI is InChI=1S/C29H30N6O5/c1-19(27(37)38)30-29(39)40-18-20-5-4-6-22(17-20)31-26(36)21-9-11-23(12-10-21)34-13-15-35(16-14-34)28-32-24-7-2-3-8-25(24)33-28/h2-12,17,19H,13-16,18H2,1H3,(H,30,39)(H,31,36)(H,32,33)(H,37,38)/t19-/m0/s1. The van der Waals surface area contributed by atoms with E-state index in [1.807, 2.05) is 36.4 Å². The third kappa shape index (κ3) is 6.32. The van der Waals surface area contributed by atoms with E-state index in [1.54, 1.807) is 36.4 Å². The molecule has 1 aromatic heterocycles. The summed E-state index contributed by atoms with van der Waals surface area (Å²) in [5.41, 5.74) is 4.76. The van der Waals surface area contributed by atoms with E-state index in [-0.39, 0.29) is 12.5 Å². The maximum absolute atomic E-state index is 12.8. The Kier molecular flexibility index (Phi) is 7.81. The molecule has 11 heteroatoms. The second kappa shape index (κ2) is 11.8. The number of nitrogens with one attached hydrogen (secondary N) is 3. The summed E-state index contributed by atoms with van der Waals surface area (Å²) < 4.78 is 5.07. The number of anilines is 3. The Labute approximate surface area is 230 Å². The van der Waals surface area contributed by atoms with Gasteiger partial charge in [0.05, 0.1) is 11.0 Å². The fraction of sp³-hybridized carbons (Fsp3) is 0.241. The van der Waals surface area contributed by atoms with Crippen molar-refractivity contribution in [1.82, 2.24) is 15.3 Å². The molecule has 4 aromatic rings. The Hall–Kier alpha value is -5.06. The molecule has 0 radical (unpaired) electrons. The number of carboxylic acid groups (broad SMARTS) is 1. The van der Waals surface area contributed by atoms with Crippen LogP contribution < -0.4 is 20.4 Å². The number of aromatic nitrogens is 2. The Morgan fingerprint density at radius 3 is 2.42 bits per heavy atom. The molecule has 1 atom stereocenters. The first-order valence-electron chi connectivity index (χ1n) is 13.0. The Bertz CT molecular complexity index is 1480. The number of aliphatic carboxylic acids is 1. The van der Waals surface area contributed by atoms with E-state index in [2.05, 4.69) is 25.4 Å². The molecular weight excluding hydrogens is 512 g/mol. The van der Waals surface area contributed by atoms with Gasteiger partial charge in [0.1, 0.15) is 12.6 Å². The third-order valence-electron chi connectivity index (χ3n) is 6.71. The van der Waals surface area contributed by atoms with Crippen LogP contribution in [0.5, 0.6) is 0 Å². The van der Waals surface area contributed by atoms with Gasteiger partial charge in [-0.05, 0) is 61.0 Å². The van der Waals surface area contributed by atoms with E-state index >= 15 is 0 Å². The van der Waals surface area contributed by atoms with E-state index in [9.17, 15) is 14.4 Å². The first kappa shape index (κ1) is 26.5. The van der Waals surface area contributed by atoms with Crippen molar-refractivity contribution < 1.29 is 24.2 Å². The van der Waals surface area contributed by atoms with Crippen molar-refractivity contribution in [2.75, 3.05) is 41.3 Å². The first-order valence-corrected chi connectivity index (χ1v) is 13.0. The number of imidazole rings is 1. The quantitative estimate of drug-likeness (QED) is 0.263. The molecule has 1 aliphatic rings. The number of carboxylic acids is 1. The summed E-state index contributed by atoms with van der Waals surface area (Å²) in [4.78, 5) is 48.1. The summed E-state index contributed by atoms with van der Waals surface area (Å²) >= 11 is 0. The third-order valence-corrected chi connectivity index (χ3v) is 6.71. The summed E-state index contributed by atoms with van der Waals surface area (Å²) in [6, 6.07) is 21.4. The van der Waals surface area contributed by atoms with Crippen molar-refractivity contribution in [2.24, 2.45) is 0 Å². The first-order chi connectivity index (χ1) is 19.4. The summed E-state index contributed by atoms with van der Waals surface area (Å²) in [7, 11) is 0. The lowest BCUT2D eigenvalue weighted by Crippen LogP contribution is -2.47. The summed E-state index contributed by atoms with van der Waals surface area (Å²) in [6.45, 7) is 4.62. The van der Waals surface area contributed by atoms with Crippen molar-refractivity contribution in [3.05, 3.63) is 83.9 Å². The fourth-order valence-electron chi connectivity index (χ4n) is 4.46. The summed E-state index contributed by atoms with van der Waals surface area (Å²) in [5.74, 6) is -0.525. The van der Waals surface area contributed by atoms with Crippen LogP contribution in [0.2, 0.25) is 0 Å². The molecule has 11 nitrogen and oxygen atoms in total. The molecule has 0 bridgehead atoms. The number of ether oxygens (including phenoxy) is 1. The molecule has 2 heterocycles. The number of H-pyrrole nitrogens is 1. The highest BCUT2D eigenvalue weighted by Crippen LogP contribution is 2.22. The number of aromatic amines is 1. The smallest absolute Gasteiger partial charge is 0.408 e. The zero-order valence-corrected chi connectivity index (χ0v) is 22.0. The van der Waals surface area contributed by atoms with Crippen LogP contribution in [0, 0.1) is 0 Å². The van der Waals surface area contributed by atoms with Gasteiger partial charge >= 0.3 is 12.1 Å². The number of para-hydroxylation sites is 2. The predicted molar refractivity (Wildman–Crippen MR) is 152 cm³/mol. The van der Waals surface area contributed by atoms with Crippen LogP contribution in [-0.2, 0) is 16.1 Å². The summed E-state index contributed by atoms with van der Waals surface area (Å²) in [5, 5.41) is 13.9. The van der Waals surface area contributed by atoms with E-state index in [0.29, 0.717) is 16.8 Å². The number of nitrogens with zero attached hydrogens (tertiary/aromatic N) is 3. The van der Waals surface area contributed by atoms with Gasteiger partial charge in [-0.2, -0.15) is 0 Å². The van der Waals surface area contributed by atoms with E-state index in [0.717, 1.165) is 48.8 Å². The molecule has 1 saturated heterocycles. The van der Waals surface area contributed by atoms with Gasteiger partial charge in [-0.1, -0.05) is 24.3 Å². The number of fused-ring (bicyclic) bond motifs is 1. The predicted octanol–water partition coefficient (Wildman–Crippen LogP) is 3.84. The molecule has 4 N–H and O–H groups in total. The van der Waals surface area contributed by atoms with Gasteiger partial charge in [-0.15, -0.1) is 0 Å². The average molecular weight is 543 g/mol. The molecule has 0 unspecified atom stereocenters. The average Bonchev–Trinajstić information content (AvgIpc) is 3.41. The number of hydrogen-bond donors (Lipinski definition) is 4. The molecule has 0 aliphatic carbocycles. The van der Waals surface area contributed by atoms with Gasteiger partial charge < -0.3 is 35.3 Å². The molecule has 0 spiro atoms. The molecular formula is C29H30N6O5. The van der Waals surface area contributed by atoms with E-state index < -0.39 is 18.1 Å². The number of benzene rings is 3. The van der Waals surface area contributed by atoms with Crippen LogP contribution in [0.4, 0.5) is 22.1 Å². The lowest BCUT2D eigenvalue weighted by Gasteiger charge is -2.36. The van der Waals surface area contributed by atoms with Gasteiger partial charge in [0.2, 0.25) is 5.95 Å². The van der Waals surface area contributed by atoms with E-state index in [4.69, 9.17) is 14.8 Å². The normalized spacial score (nSPS) is 14.0. The minimum absolute atomic E-state index is 0.0693. The Balaban J connectivity index is 1.12. The van der Waals surface area contributed by atoms with Gasteiger partial charge in [0.25, 0.3) is 5.91 Å². The minimum Gasteiger partial charge on any atom is -0.480 e. The van der Waals surface area contributed by atoms with Crippen LogP contribution in [0.1, 0.15) is 22.8 Å². The SMILES string of the molecule is C[C@H](NC(=O)OCc1cccc(NC(=O)c2ccc(N3CCN(c4nc5ccccc5[nH]4)CC3)cc2)c1)C(=O)O. The summed E-state index contributed by atoms with van der Waals surface area (Å²) in [6.07, 6.45) is -0.833. The number of hydrogen-bond acceptors (Lipinski definition) is 7. The largest absolute Gasteiger partial charge is 0.480 e. The van der Waals surface area contributed by atoms with Crippen molar-refractivity contribution in [1.29, 1.82) is 0 Å². The van der Waals surface area contributed by atoms with Gasteiger partial charge in [0, 0.05) is 43.1 Å². The second-order valence-corrected chi connectivity index (χ2v) is 9.53. The topological polar surface area (TPSA) is 140 Å². The molecule has 1 aliphatic heterocycles. The molecule has 206 valence electrons. The second-order valence-electron chi connectivity index (χ2n) is 9.53. The molecule has 1 fully saturated rings. The Morgan fingerprint density at radius 1 is 0.975 bits per heavy atom. The molecule has 3 aromatic carbocycles. The highest BCUT2D eigenvalue weighted by atomic mass is 16.5. The Morgan fingerprint density at radius 2 is 1.70 bits per heavy atom. The van der Waals surface area contributed by atoms with Gasteiger partial charge in [0.15, 0.2) is 0 Å². The number of alkyl carbamates (subject to hydrolysis) is 1. The number of carbonyl (C=O) groups is 3. The van der Waals surface area contributed by atoms with Crippen LogP contribution in [0.25, 0.3) is 11.0 Å². The molecule has 0 saturated carbocycles.